The molecule has 1 atom stereocenters. The molecule has 0 saturated carbocycles. The monoisotopic (exact) mass is 502 g/mol. The van der Waals surface area contributed by atoms with Gasteiger partial charge in [0.15, 0.2) is 0 Å². The number of carbonyl (C=O) groups excluding carboxylic acids is 2. The van der Waals surface area contributed by atoms with Crippen LogP contribution in [0.4, 0.5) is 13.2 Å². The number of fused-ring (bicyclic) bond motifs is 3. The highest BCUT2D eigenvalue weighted by atomic mass is 32.1. The van der Waals surface area contributed by atoms with Crippen LogP contribution >= 0.6 is 22.7 Å². The number of hydrogen-bond acceptors (Lipinski definition) is 6. The molecular formula is C22H25F3N2O4S2. The Labute approximate surface area is 197 Å². The van der Waals surface area contributed by atoms with Crippen molar-refractivity contribution < 1.29 is 37.5 Å². The van der Waals surface area contributed by atoms with Gasteiger partial charge in [-0.05, 0) is 34.9 Å². The van der Waals surface area contributed by atoms with E-state index >= 15 is 0 Å². The van der Waals surface area contributed by atoms with Crippen LogP contribution in [0.2, 0.25) is 0 Å². The fraction of sp³-hybridized carbons (Fsp3) is 0.455. The lowest BCUT2D eigenvalue weighted by atomic mass is 9.81. The molecule has 3 saturated heterocycles. The van der Waals surface area contributed by atoms with E-state index in [-0.39, 0.29) is 11.9 Å². The van der Waals surface area contributed by atoms with Gasteiger partial charge in [0.25, 0.3) is 5.91 Å². The molecule has 33 heavy (non-hydrogen) atoms. The topological polar surface area (TPSA) is 89.5 Å². The maximum absolute atomic E-state index is 13.3. The lowest BCUT2D eigenvalue weighted by Crippen LogP contribution is -2.68. The zero-order valence-corrected chi connectivity index (χ0v) is 19.3. The summed E-state index contributed by atoms with van der Waals surface area (Å²) in [4.78, 5) is 23.4. The first kappa shape index (κ1) is 25.4. The number of thiophene rings is 2. The SMILES string of the molecule is C=CC[N+]12CCC(CC1)[C@@H](NC(=O)C(O)(c1cccs1)c1cccs1)C2.O=C([O-])C(F)(F)F. The molecule has 5 heterocycles. The van der Waals surface area contributed by atoms with Crippen molar-refractivity contribution in [2.45, 2.75) is 30.7 Å². The van der Waals surface area contributed by atoms with E-state index in [4.69, 9.17) is 9.90 Å². The minimum atomic E-state index is -5.19. The Morgan fingerprint density at radius 3 is 2.09 bits per heavy atom. The smallest absolute Gasteiger partial charge is 0.430 e. The lowest BCUT2D eigenvalue weighted by molar-refractivity contribution is -0.938. The van der Waals surface area contributed by atoms with Crippen molar-refractivity contribution in [1.82, 2.24) is 5.32 Å². The van der Waals surface area contributed by atoms with Gasteiger partial charge >= 0.3 is 6.18 Å². The number of carboxylic acids is 1. The van der Waals surface area contributed by atoms with Crippen molar-refractivity contribution in [2.24, 2.45) is 5.92 Å². The van der Waals surface area contributed by atoms with E-state index < -0.39 is 17.7 Å². The molecule has 3 aliphatic heterocycles. The molecule has 5 rings (SSSR count). The first-order valence-corrected chi connectivity index (χ1v) is 12.1. The van der Waals surface area contributed by atoms with Gasteiger partial charge in [0, 0.05) is 12.8 Å². The van der Waals surface area contributed by atoms with Gasteiger partial charge in [-0.2, -0.15) is 13.2 Å². The number of nitrogens with zero attached hydrogens (tertiary/aromatic N) is 1. The van der Waals surface area contributed by atoms with Crippen LogP contribution in [0.25, 0.3) is 0 Å². The molecule has 6 nitrogen and oxygen atoms in total. The molecule has 0 aromatic carbocycles. The standard InChI is InChI=1S/C20H24N2O2S2.C2HF3O2/c1-2-9-22-10-7-15(8-11-22)16(14-22)21-19(23)20(24,17-5-3-12-25-17)18-6-4-13-26-18;3-2(4,5)1(6)7/h2-6,12-13,15-16,24H,1,7-11,14H2;(H,6,7)/t15?,16-,22?;/m0./s1. The Hall–Kier alpha value is -2.21. The van der Waals surface area contributed by atoms with Crippen LogP contribution in [0.1, 0.15) is 22.6 Å². The van der Waals surface area contributed by atoms with Crippen molar-refractivity contribution in [3.05, 3.63) is 57.4 Å². The van der Waals surface area contributed by atoms with Crippen molar-refractivity contribution in [3.8, 4) is 0 Å². The molecule has 2 aromatic rings. The molecule has 2 N–H and O–H groups in total. The van der Waals surface area contributed by atoms with E-state index in [2.05, 4.69) is 11.9 Å². The zero-order valence-electron chi connectivity index (χ0n) is 17.7. The minimum absolute atomic E-state index is 0.122. The third kappa shape index (κ3) is 5.48. The Morgan fingerprint density at radius 1 is 1.18 bits per heavy atom. The molecule has 3 fully saturated rings. The van der Waals surface area contributed by atoms with Gasteiger partial charge in [-0.3, -0.25) is 4.79 Å². The highest BCUT2D eigenvalue weighted by Crippen LogP contribution is 2.38. The summed E-state index contributed by atoms with van der Waals surface area (Å²) in [7, 11) is 0. The summed E-state index contributed by atoms with van der Waals surface area (Å²) >= 11 is 2.84. The highest BCUT2D eigenvalue weighted by molar-refractivity contribution is 7.12. The fourth-order valence-electron chi connectivity index (χ4n) is 4.57. The second kappa shape index (κ2) is 9.96. The molecule has 0 spiro atoms. The molecule has 0 radical (unpaired) electrons. The minimum Gasteiger partial charge on any atom is -0.542 e. The van der Waals surface area contributed by atoms with E-state index in [1.54, 1.807) is 0 Å². The largest absolute Gasteiger partial charge is 0.542 e. The summed E-state index contributed by atoms with van der Waals surface area (Å²) in [5, 5.41) is 27.3. The number of piperidine rings is 3. The molecule has 3 aliphatic rings. The molecule has 2 aromatic heterocycles. The van der Waals surface area contributed by atoms with Crippen LogP contribution in [-0.2, 0) is 15.2 Å². The van der Waals surface area contributed by atoms with E-state index in [1.807, 2.05) is 41.1 Å². The Bertz CT molecular complexity index is 919. The molecule has 180 valence electrons. The van der Waals surface area contributed by atoms with Crippen molar-refractivity contribution >= 4 is 34.6 Å². The van der Waals surface area contributed by atoms with Gasteiger partial charge in [0.1, 0.15) is 5.97 Å². The number of aliphatic hydroxyl groups is 1. The summed E-state index contributed by atoms with van der Waals surface area (Å²) in [6, 6.07) is 7.56. The van der Waals surface area contributed by atoms with Crippen LogP contribution in [0.15, 0.2) is 47.7 Å². The van der Waals surface area contributed by atoms with E-state index in [9.17, 15) is 23.1 Å². The number of carbonyl (C=O) groups is 2. The Kier molecular flexibility index (Phi) is 7.67. The van der Waals surface area contributed by atoms with Crippen LogP contribution in [0.3, 0.4) is 0 Å². The number of aliphatic carboxylic acids is 1. The third-order valence-corrected chi connectivity index (χ3v) is 8.21. The number of nitrogens with one attached hydrogen (secondary N) is 1. The molecule has 1 amide bonds. The highest BCUT2D eigenvalue weighted by Gasteiger charge is 2.49. The Balaban J connectivity index is 0.000000383. The van der Waals surface area contributed by atoms with Gasteiger partial charge in [0.2, 0.25) is 5.60 Å². The van der Waals surface area contributed by atoms with Crippen LogP contribution in [0.5, 0.6) is 0 Å². The molecular weight excluding hydrogens is 477 g/mol. The van der Waals surface area contributed by atoms with Gasteiger partial charge in [-0.25, -0.2) is 0 Å². The predicted molar refractivity (Wildman–Crippen MR) is 117 cm³/mol. The maximum atomic E-state index is 13.3. The number of hydrogen-bond donors (Lipinski definition) is 2. The average molecular weight is 503 g/mol. The lowest BCUT2D eigenvalue weighted by Gasteiger charge is -2.52. The van der Waals surface area contributed by atoms with Crippen molar-refractivity contribution in [3.63, 3.8) is 0 Å². The van der Waals surface area contributed by atoms with Crippen molar-refractivity contribution in [2.75, 3.05) is 26.2 Å². The molecule has 2 bridgehead atoms. The summed E-state index contributed by atoms with van der Waals surface area (Å²) in [6.07, 6.45) is -0.928. The molecule has 0 unspecified atom stereocenters. The maximum Gasteiger partial charge on any atom is 0.430 e. The fourth-order valence-corrected chi connectivity index (χ4v) is 6.30. The number of rotatable bonds is 6. The van der Waals surface area contributed by atoms with Crippen LogP contribution in [-0.4, -0.2) is 59.9 Å². The normalized spacial score (nSPS) is 24.5. The van der Waals surface area contributed by atoms with Gasteiger partial charge in [-0.1, -0.05) is 18.7 Å². The molecule has 0 aliphatic carbocycles. The van der Waals surface area contributed by atoms with E-state index in [0.717, 1.165) is 30.4 Å². The second-order valence-corrected chi connectivity index (χ2v) is 10.2. The summed E-state index contributed by atoms with van der Waals surface area (Å²) < 4.78 is 32.6. The van der Waals surface area contributed by atoms with Gasteiger partial charge in [-0.15, -0.1) is 22.7 Å². The van der Waals surface area contributed by atoms with Crippen LogP contribution < -0.4 is 10.4 Å². The first-order valence-electron chi connectivity index (χ1n) is 10.4. The van der Waals surface area contributed by atoms with Crippen LogP contribution in [0, 0.1) is 5.92 Å². The van der Waals surface area contributed by atoms with Gasteiger partial charge in [0.05, 0.1) is 42.0 Å². The third-order valence-electron chi connectivity index (χ3n) is 6.25. The number of amides is 1. The van der Waals surface area contributed by atoms with E-state index in [1.165, 1.54) is 35.8 Å². The average Bonchev–Trinajstić information content (AvgIpc) is 3.48. The number of halogens is 3. The summed E-state index contributed by atoms with van der Waals surface area (Å²) in [5.41, 5.74) is -1.60. The summed E-state index contributed by atoms with van der Waals surface area (Å²) in [6.45, 7) is 8.15. The summed E-state index contributed by atoms with van der Waals surface area (Å²) in [5.74, 6) is -2.79. The second-order valence-electron chi connectivity index (χ2n) is 8.31. The van der Waals surface area contributed by atoms with Crippen molar-refractivity contribution in [1.29, 1.82) is 0 Å². The predicted octanol–water partition coefficient (Wildman–Crippen LogP) is 2.26. The quantitative estimate of drug-likeness (QED) is 0.469. The number of carboxylic acid groups (broad SMARTS) is 1. The number of quaternary nitrogens is 1. The Morgan fingerprint density at radius 2 is 1.70 bits per heavy atom. The first-order chi connectivity index (χ1) is 15.5. The van der Waals surface area contributed by atoms with Gasteiger partial charge < -0.3 is 24.8 Å². The number of alkyl halides is 3. The molecule has 11 heteroatoms. The zero-order chi connectivity index (χ0) is 24.3. The van der Waals surface area contributed by atoms with E-state index in [0.29, 0.717) is 15.7 Å².